The van der Waals surface area contributed by atoms with Gasteiger partial charge in [-0.05, 0) is 30.7 Å². The van der Waals surface area contributed by atoms with E-state index in [-0.39, 0.29) is 12.3 Å². The van der Waals surface area contributed by atoms with E-state index in [4.69, 9.17) is 5.11 Å². The van der Waals surface area contributed by atoms with Crippen LogP contribution in [0.15, 0.2) is 24.3 Å². The average Bonchev–Trinajstić information content (AvgIpc) is 2.45. The molecule has 7 heteroatoms. The van der Waals surface area contributed by atoms with E-state index in [1.165, 1.54) is 0 Å². The third kappa shape index (κ3) is 6.95. The molecule has 0 fully saturated rings. The van der Waals surface area contributed by atoms with Gasteiger partial charge in [0.25, 0.3) is 0 Å². The molecule has 0 aliphatic carbocycles. The van der Waals surface area contributed by atoms with E-state index in [9.17, 15) is 14.4 Å². The fourth-order valence-electron chi connectivity index (χ4n) is 1.50. The number of carbonyl (C=O) groups excluding carboxylic acids is 2. The summed E-state index contributed by atoms with van der Waals surface area (Å²) in [4.78, 5) is 33.0. The smallest absolute Gasteiger partial charge is 0.319 e. The Bertz CT molecular complexity index is 499. The Kier molecular flexibility index (Phi) is 6.73. The number of hydrogen-bond acceptors (Lipinski definition) is 3. The van der Waals surface area contributed by atoms with Crippen LogP contribution in [0.3, 0.4) is 0 Å². The van der Waals surface area contributed by atoms with Crippen LogP contribution in [0.5, 0.6) is 0 Å². The topological polar surface area (TPSA) is 108 Å². The van der Waals surface area contributed by atoms with Gasteiger partial charge >= 0.3 is 12.0 Å². The van der Waals surface area contributed by atoms with Crippen LogP contribution < -0.4 is 16.0 Å². The molecule has 0 aliphatic heterocycles. The molecule has 7 nitrogen and oxygen atoms in total. The lowest BCUT2D eigenvalue weighted by atomic mass is 10.2. The fraction of sp³-hybridized carbons (Fsp3) is 0.357. The number of amides is 3. The van der Waals surface area contributed by atoms with Crippen molar-refractivity contribution in [1.29, 1.82) is 0 Å². The number of carboxylic acid groups (broad SMARTS) is 1. The molecule has 0 atom stereocenters. The van der Waals surface area contributed by atoms with Crippen molar-refractivity contribution in [2.45, 2.75) is 26.2 Å². The number of benzene rings is 1. The number of hydrogen-bond donors (Lipinski definition) is 4. The Labute approximate surface area is 122 Å². The molecule has 0 unspecified atom stereocenters. The number of urea groups is 1. The molecular formula is C14H19N3O4. The highest BCUT2D eigenvalue weighted by molar-refractivity contribution is 5.92. The standard InChI is InChI=1S/C14H19N3O4/c1-2-12(18)16-10-5-7-11(8-6-10)17-14(21)15-9-3-4-13(19)20/h5-8H,2-4,9H2,1H3,(H,16,18)(H,19,20)(H2,15,17,21). The van der Waals surface area contributed by atoms with Crippen molar-refractivity contribution in [3.63, 3.8) is 0 Å². The van der Waals surface area contributed by atoms with Gasteiger partial charge in [-0.3, -0.25) is 9.59 Å². The second-order valence-corrected chi connectivity index (χ2v) is 4.36. The highest BCUT2D eigenvalue weighted by atomic mass is 16.4. The van der Waals surface area contributed by atoms with Crippen molar-refractivity contribution in [3.8, 4) is 0 Å². The summed E-state index contributed by atoms with van der Waals surface area (Å²) in [6.07, 6.45) is 0.801. The first-order valence-corrected chi connectivity index (χ1v) is 6.68. The summed E-state index contributed by atoms with van der Waals surface area (Å²) in [6.45, 7) is 2.06. The van der Waals surface area contributed by atoms with E-state index in [0.29, 0.717) is 30.8 Å². The van der Waals surface area contributed by atoms with Crippen LogP contribution in [-0.2, 0) is 9.59 Å². The first-order chi connectivity index (χ1) is 10.0. The normalized spacial score (nSPS) is 9.76. The molecule has 0 heterocycles. The molecule has 0 radical (unpaired) electrons. The van der Waals surface area contributed by atoms with E-state index in [2.05, 4.69) is 16.0 Å². The summed E-state index contributed by atoms with van der Waals surface area (Å²) >= 11 is 0. The third-order valence-electron chi connectivity index (χ3n) is 2.60. The molecule has 4 N–H and O–H groups in total. The fourth-order valence-corrected chi connectivity index (χ4v) is 1.50. The van der Waals surface area contributed by atoms with Crippen LogP contribution in [0.1, 0.15) is 26.2 Å². The highest BCUT2D eigenvalue weighted by Gasteiger charge is 2.03. The lowest BCUT2D eigenvalue weighted by Gasteiger charge is -2.08. The molecule has 0 aliphatic rings. The van der Waals surface area contributed by atoms with Crippen molar-refractivity contribution in [2.24, 2.45) is 0 Å². The quantitative estimate of drug-likeness (QED) is 0.577. The molecule has 0 saturated carbocycles. The third-order valence-corrected chi connectivity index (χ3v) is 2.60. The van der Waals surface area contributed by atoms with Gasteiger partial charge in [-0.15, -0.1) is 0 Å². The Morgan fingerprint density at radius 2 is 1.62 bits per heavy atom. The van der Waals surface area contributed by atoms with Crippen LogP contribution >= 0.6 is 0 Å². The Balaban J connectivity index is 2.35. The van der Waals surface area contributed by atoms with Crippen LogP contribution in [0.4, 0.5) is 16.2 Å². The summed E-state index contributed by atoms with van der Waals surface area (Å²) in [5, 5.41) is 16.3. The molecule has 1 aromatic carbocycles. The van der Waals surface area contributed by atoms with Gasteiger partial charge in [0, 0.05) is 30.8 Å². The maximum Gasteiger partial charge on any atom is 0.319 e. The highest BCUT2D eigenvalue weighted by Crippen LogP contribution is 2.13. The number of carbonyl (C=O) groups is 3. The minimum absolute atomic E-state index is 0.0199. The van der Waals surface area contributed by atoms with Crippen molar-refractivity contribution in [3.05, 3.63) is 24.3 Å². The molecule has 1 aromatic rings. The number of rotatable bonds is 7. The van der Waals surface area contributed by atoms with E-state index in [1.807, 2.05) is 0 Å². The van der Waals surface area contributed by atoms with Crippen LogP contribution in [0.2, 0.25) is 0 Å². The lowest BCUT2D eigenvalue weighted by molar-refractivity contribution is -0.137. The molecule has 0 spiro atoms. The Morgan fingerprint density at radius 3 is 2.14 bits per heavy atom. The monoisotopic (exact) mass is 293 g/mol. The molecule has 0 aromatic heterocycles. The van der Waals surface area contributed by atoms with Crippen LogP contribution in [-0.4, -0.2) is 29.6 Å². The average molecular weight is 293 g/mol. The van der Waals surface area contributed by atoms with Crippen molar-refractivity contribution in [2.75, 3.05) is 17.2 Å². The van der Waals surface area contributed by atoms with Crippen molar-refractivity contribution < 1.29 is 19.5 Å². The van der Waals surface area contributed by atoms with Crippen molar-refractivity contribution in [1.82, 2.24) is 5.32 Å². The zero-order chi connectivity index (χ0) is 15.7. The first-order valence-electron chi connectivity index (χ1n) is 6.68. The van der Waals surface area contributed by atoms with Crippen LogP contribution in [0, 0.1) is 0 Å². The van der Waals surface area contributed by atoms with Gasteiger partial charge in [-0.2, -0.15) is 0 Å². The largest absolute Gasteiger partial charge is 0.481 e. The molecule has 1 rings (SSSR count). The summed E-state index contributed by atoms with van der Waals surface area (Å²) in [7, 11) is 0. The van der Waals surface area contributed by atoms with E-state index >= 15 is 0 Å². The second kappa shape index (κ2) is 8.57. The SMILES string of the molecule is CCC(=O)Nc1ccc(NC(=O)NCCCC(=O)O)cc1. The molecular weight excluding hydrogens is 274 g/mol. The molecule has 0 saturated heterocycles. The molecule has 0 bridgehead atoms. The Morgan fingerprint density at radius 1 is 1.05 bits per heavy atom. The van der Waals surface area contributed by atoms with Gasteiger partial charge in [0.1, 0.15) is 0 Å². The lowest BCUT2D eigenvalue weighted by Crippen LogP contribution is -2.29. The van der Waals surface area contributed by atoms with E-state index in [0.717, 1.165) is 0 Å². The summed E-state index contributed by atoms with van der Waals surface area (Å²) in [5.74, 6) is -0.964. The second-order valence-electron chi connectivity index (χ2n) is 4.36. The predicted octanol–water partition coefficient (Wildman–Crippen LogP) is 2.02. The summed E-state index contributed by atoms with van der Waals surface area (Å²) in [5.41, 5.74) is 1.24. The molecule has 21 heavy (non-hydrogen) atoms. The van der Waals surface area contributed by atoms with E-state index in [1.54, 1.807) is 31.2 Å². The first kappa shape index (κ1) is 16.5. The maximum absolute atomic E-state index is 11.5. The van der Waals surface area contributed by atoms with Gasteiger partial charge in [0.05, 0.1) is 0 Å². The number of carboxylic acids is 1. The number of aliphatic carboxylic acids is 1. The maximum atomic E-state index is 11.5. The van der Waals surface area contributed by atoms with Gasteiger partial charge in [-0.1, -0.05) is 6.92 Å². The van der Waals surface area contributed by atoms with Gasteiger partial charge in [0.2, 0.25) is 5.91 Å². The number of anilines is 2. The minimum atomic E-state index is -0.887. The minimum Gasteiger partial charge on any atom is -0.481 e. The molecule has 114 valence electrons. The van der Waals surface area contributed by atoms with Crippen molar-refractivity contribution >= 4 is 29.3 Å². The predicted molar refractivity (Wildman–Crippen MR) is 79.3 cm³/mol. The summed E-state index contributed by atoms with van der Waals surface area (Å²) in [6, 6.07) is 6.32. The van der Waals surface area contributed by atoms with E-state index < -0.39 is 12.0 Å². The zero-order valence-corrected chi connectivity index (χ0v) is 11.8. The van der Waals surface area contributed by atoms with Gasteiger partial charge < -0.3 is 21.1 Å². The van der Waals surface area contributed by atoms with Crippen LogP contribution in [0.25, 0.3) is 0 Å². The summed E-state index contributed by atoms with van der Waals surface area (Å²) < 4.78 is 0. The van der Waals surface area contributed by atoms with Gasteiger partial charge in [-0.25, -0.2) is 4.79 Å². The number of nitrogens with one attached hydrogen (secondary N) is 3. The molecule has 3 amide bonds. The zero-order valence-electron chi connectivity index (χ0n) is 11.8. The van der Waals surface area contributed by atoms with Gasteiger partial charge in [0.15, 0.2) is 0 Å². The Hall–Kier alpha value is -2.57.